The molecule has 0 saturated heterocycles. The molecule has 8 heteroatoms. The summed E-state index contributed by atoms with van der Waals surface area (Å²) in [5.74, 6) is 0.491. The minimum Gasteiger partial charge on any atom is -0.447 e. The highest BCUT2D eigenvalue weighted by molar-refractivity contribution is 7.89. The Balaban J connectivity index is 2.75. The normalized spacial score (nSPS) is 13.1. The molecule has 0 fully saturated rings. The maximum absolute atomic E-state index is 11.9. The number of rotatable bonds is 7. The van der Waals surface area contributed by atoms with Gasteiger partial charge in [-0.15, -0.1) is 0 Å². The molecule has 0 unspecified atom stereocenters. The van der Waals surface area contributed by atoms with Crippen molar-refractivity contribution in [3.63, 3.8) is 0 Å². The molecule has 1 aromatic rings. The van der Waals surface area contributed by atoms with Gasteiger partial charge in [0.05, 0.1) is 25.8 Å². The van der Waals surface area contributed by atoms with E-state index in [1.807, 2.05) is 20.8 Å². The molecule has 0 radical (unpaired) electrons. The van der Waals surface area contributed by atoms with Gasteiger partial charge in [-0.3, -0.25) is 0 Å². The topological polar surface area (TPSA) is 112 Å². The van der Waals surface area contributed by atoms with Crippen molar-refractivity contribution >= 4 is 10.0 Å². The predicted octanol–water partition coefficient (Wildman–Crippen LogP) is -0.201. The van der Waals surface area contributed by atoms with E-state index in [0.717, 1.165) is 0 Å². The van der Waals surface area contributed by atoms with Gasteiger partial charge in [0.2, 0.25) is 5.09 Å². The van der Waals surface area contributed by atoms with Crippen molar-refractivity contribution in [3.8, 4) is 0 Å². The first kappa shape index (κ1) is 17.1. The van der Waals surface area contributed by atoms with Crippen LogP contribution in [0, 0.1) is 0 Å². The van der Waals surface area contributed by atoms with Crippen LogP contribution >= 0.6 is 0 Å². The van der Waals surface area contributed by atoms with Crippen molar-refractivity contribution in [2.75, 3.05) is 13.2 Å². The highest BCUT2D eigenvalue weighted by Gasteiger charge is 2.23. The van der Waals surface area contributed by atoms with Crippen LogP contribution in [0.25, 0.3) is 0 Å². The highest BCUT2D eigenvalue weighted by atomic mass is 32.2. The van der Waals surface area contributed by atoms with E-state index in [4.69, 9.17) is 14.6 Å². The zero-order valence-electron chi connectivity index (χ0n) is 11.9. The first-order valence-electron chi connectivity index (χ1n) is 6.26. The monoisotopic (exact) mass is 306 g/mol. The van der Waals surface area contributed by atoms with Crippen molar-refractivity contribution in [3.05, 3.63) is 17.9 Å². The molecule has 116 valence electrons. The fraction of sp³-hybridized carbons (Fsp3) is 0.667. The molecule has 4 N–H and O–H groups in total. The second-order valence-electron chi connectivity index (χ2n) is 5.51. The van der Waals surface area contributed by atoms with Gasteiger partial charge < -0.3 is 19.9 Å². The molecule has 0 saturated carbocycles. The minimum atomic E-state index is -3.88. The average molecular weight is 306 g/mol. The van der Waals surface area contributed by atoms with Gasteiger partial charge in [0.1, 0.15) is 5.76 Å². The van der Waals surface area contributed by atoms with E-state index < -0.39 is 29.3 Å². The molecule has 0 atom stereocenters. The van der Waals surface area contributed by atoms with E-state index in [9.17, 15) is 8.42 Å². The lowest BCUT2D eigenvalue weighted by molar-refractivity contribution is 0.184. The first-order valence-corrected chi connectivity index (χ1v) is 7.74. The van der Waals surface area contributed by atoms with Crippen molar-refractivity contribution in [1.29, 1.82) is 0 Å². The molecular weight excluding hydrogens is 284 g/mol. The van der Waals surface area contributed by atoms with Crippen LogP contribution in [0.15, 0.2) is 21.6 Å². The summed E-state index contributed by atoms with van der Waals surface area (Å²) in [7, 11) is -3.88. The summed E-state index contributed by atoms with van der Waals surface area (Å²) in [5.41, 5.74) is -0.108. The lowest BCUT2D eigenvalue weighted by atomic mass is 10.1. The van der Waals surface area contributed by atoms with Gasteiger partial charge in [-0.05, 0) is 32.9 Å². The summed E-state index contributed by atoms with van der Waals surface area (Å²) in [5, 5.41) is 20.7. The maximum atomic E-state index is 11.9. The highest BCUT2D eigenvalue weighted by Crippen LogP contribution is 2.15. The Bertz CT molecular complexity index is 514. The van der Waals surface area contributed by atoms with Crippen molar-refractivity contribution in [2.45, 2.75) is 44.0 Å². The Hall–Kier alpha value is -0.930. The lowest BCUT2D eigenvalue weighted by Gasteiger charge is -2.19. The van der Waals surface area contributed by atoms with E-state index >= 15 is 0 Å². The van der Waals surface area contributed by atoms with E-state index in [2.05, 4.69) is 10.0 Å². The molecule has 0 aliphatic rings. The van der Waals surface area contributed by atoms with Crippen molar-refractivity contribution < 1.29 is 23.0 Å². The molecule has 0 bridgehead atoms. The van der Waals surface area contributed by atoms with Crippen molar-refractivity contribution in [2.24, 2.45) is 0 Å². The summed E-state index contributed by atoms with van der Waals surface area (Å²) in [4.78, 5) is 0. The quantitative estimate of drug-likeness (QED) is 0.555. The Kier molecular flexibility index (Phi) is 5.72. The number of sulfonamides is 1. The molecular formula is C12H22N2O5S. The molecule has 1 heterocycles. The Morgan fingerprint density at radius 1 is 1.25 bits per heavy atom. The van der Waals surface area contributed by atoms with Gasteiger partial charge in [0, 0.05) is 5.54 Å². The van der Waals surface area contributed by atoms with E-state index in [-0.39, 0.29) is 10.6 Å². The van der Waals surface area contributed by atoms with Gasteiger partial charge in [0.15, 0.2) is 0 Å². The van der Waals surface area contributed by atoms with E-state index in [0.29, 0.717) is 12.3 Å². The third-order valence-corrected chi connectivity index (χ3v) is 3.85. The van der Waals surface area contributed by atoms with Crippen LogP contribution in [0.4, 0.5) is 0 Å². The Labute approximate surface area is 119 Å². The number of aliphatic hydroxyl groups is 2. The van der Waals surface area contributed by atoms with Crippen LogP contribution in [0.1, 0.15) is 26.5 Å². The van der Waals surface area contributed by atoms with Crippen LogP contribution in [0.5, 0.6) is 0 Å². The van der Waals surface area contributed by atoms with Gasteiger partial charge in [-0.1, -0.05) is 0 Å². The Morgan fingerprint density at radius 2 is 1.85 bits per heavy atom. The van der Waals surface area contributed by atoms with Crippen molar-refractivity contribution in [1.82, 2.24) is 10.0 Å². The molecule has 0 aliphatic heterocycles. The van der Waals surface area contributed by atoms with Crippen LogP contribution in [0.2, 0.25) is 0 Å². The maximum Gasteiger partial charge on any atom is 0.274 e. The number of hydrogen-bond acceptors (Lipinski definition) is 6. The fourth-order valence-corrected chi connectivity index (χ4v) is 2.53. The third kappa shape index (κ3) is 5.22. The summed E-state index contributed by atoms with van der Waals surface area (Å²) in [6.07, 6.45) is 0. The standard InChI is InChI=1S/C12H22N2O5S/c1-12(2,3)13-6-10-4-5-11(19-10)20(17,18)14-9(7-15)8-16/h4-5,9,13-16H,6-8H2,1-3H3. The van der Waals surface area contributed by atoms with E-state index in [1.165, 1.54) is 6.07 Å². The molecule has 20 heavy (non-hydrogen) atoms. The predicted molar refractivity (Wildman–Crippen MR) is 73.6 cm³/mol. The van der Waals surface area contributed by atoms with Gasteiger partial charge in [-0.25, -0.2) is 13.1 Å². The molecule has 0 amide bonds. The van der Waals surface area contributed by atoms with Crippen LogP contribution in [0.3, 0.4) is 0 Å². The number of aliphatic hydroxyl groups excluding tert-OH is 2. The molecule has 7 nitrogen and oxygen atoms in total. The summed E-state index contributed by atoms with van der Waals surface area (Å²) >= 11 is 0. The number of furan rings is 1. The lowest BCUT2D eigenvalue weighted by Crippen LogP contribution is -2.39. The zero-order chi connectivity index (χ0) is 15.4. The van der Waals surface area contributed by atoms with Crippen LogP contribution in [-0.2, 0) is 16.6 Å². The summed E-state index contributed by atoms with van der Waals surface area (Å²) in [6, 6.07) is 1.97. The summed E-state index contributed by atoms with van der Waals surface area (Å²) < 4.78 is 31.3. The van der Waals surface area contributed by atoms with Crippen LogP contribution in [-0.4, -0.2) is 43.4 Å². The molecule has 1 aromatic heterocycles. The van der Waals surface area contributed by atoms with Gasteiger partial charge in [-0.2, -0.15) is 0 Å². The average Bonchev–Trinajstić information content (AvgIpc) is 2.82. The second-order valence-corrected chi connectivity index (χ2v) is 7.15. The molecule has 0 spiro atoms. The molecule has 1 rings (SSSR count). The molecule has 0 aromatic carbocycles. The third-order valence-electron chi connectivity index (χ3n) is 2.46. The smallest absolute Gasteiger partial charge is 0.274 e. The first-order chi connectivity index (χ1) is 9.18. The van der Waals surface area contributed by atoms with Crippen LogP contribution < -0.4 is 10.0 Å². The fourth-order valence-electron chi connectivity index (χ4n) is 1.36. The second kappa shape index (κ2) is 6.68. The summed E-state index contributed by atoms with van der Waals surface area (Å²) in [6.45, 7) is 5.39. The Morgan fingerprint density at radius 3 is 2.35 bits per heavy atom. The number of hydrogen-bond donors (Lipinski definition) is 4. The minimum absolute atomic E-state index is 0.108. The largest absolute Gasteiger partial charge is 0.447 e. The van der Waals surface area contributed by atoms with E-state index in [1.54, 1.807) is 6.07 Å². The number of nitrogens with one attached hydrogen (secondary N) is 2. The van der Waals surface area contributed by atoms with Gasteiger partial charge >= 0.3 is 0 Å². The van der Waals surface area contributed by atoms with Gasteiger partial charge in [0.25, 0.3) is 10.0 Å². The zero-order valence-corrected chi connectivity index (χ0v) is 12.7. The SMILES string of the molecule is CC(C)(C)NCc1ccc(S(=O)(=O)NC(CO)CO)o1. The molecule has 0 aliphatic carbocycles.